The van der Waals surface area contributed by atoms with E-state index in [4.69, 9.17) is 9.97 Å². The van der Waals surface area contributed by atoms with Crippen LogP contribution < -0.4 is 10.6 Å². The number of aromatic nitrogens is 3. The molecule has 2 heterocycles. The first-order chi connectivity index (χ1) is 13.5. The number of amides is 1. The van der Waals surface area contributed by atoms with Gasteiger partial charge in [0.05, 0.1) is 5.39 Å². The summed E-state index contributed by atoms with van der Waals surface area (Å²) < 4.78 is 0. The molecule has 3 aromatic rings. The van der Waals surface area contributed by atoms with Crippen LogP contribution in [0, 0.1) is 13.8 Å². The number of hydrogen-bond donors (Lipinski definition) is 3. The molecule has 0 radical (unpaired) electrons. The van der Waals surface area contributed by atoms with Gasteiger partial charge in [0.2, 0.25) is 5.91 Å². The fourth-order valence-electron chi connectivity index (χ4n) is 4.10. The van der Waals surface area contributed by atoms with Gasteiger partial charge in [0.25, 0.3) is 0 Å². The highest BCUT2D eigenvalue weighted by atomic mass is 16.1. The van der Waals surface area contributed by atoms with Crippen molar-refractivity contribution < 1.29 is 4.79 Å². The minimum atomic E-state index is 0.0187. The largest absolute Gasteiger partial charge is 0.365 e. The molecule has 1 aromatic carbocycles. The van der Waals surface area contributed by atoms with Crippen LogP contribution in [0.4, 0.5) is 5.82 Å². The molecule has 1 aliphatic rings. The number of benzene rings is 1. The van der Waals surface area contributed by atoms with Crippen LogP contribution in [0.25, 0.3) is 22.4 Å². The monoisotopic (exact) mass is 377 g/mol. The molecule has 6 nitrogen and oxygen atoms in total. The Labute approximate surface area is 165 Å². The summed E-state index contributed by atoms with van der Waals surface area (Å²) in [5.74, 6) is 1.56. The lowest BCUT2D eigenvalue weighted by atomic mass is 9.90. The second kappa shape index (κ2) is 7.62. The maximum absolute atomic E-state index is 11.6. The van der Waals surface area contributed by atoms with E-state index in [1.165, 1.54) is 0 Å². The quantitative estimate of drug-likeness (QED) is 0.639. The fraction of sp³-hybridized carbons (Fsp3) is 0.409. The second-order valence-electron chi connectivity index (χ2n) is 7.70. The summed E-state index contributed by atoms with van der Waals surface area (Å²) >= 11 is 0. The van der Waals surface area contributed by atoms with Gasteiger partial charge in [0.15, 0.2) is 5.82 Å². The number of H-pyrrole nitrogens is 1. The number of aryl methyl sites for hydroxylation is 2. The highest BCUT2D eigenvalue weighted by Crippen LogP contribution is 2.31. The van der Waals surface area contributed by atoms with Gasteiger partial charge in [-0.25, -0.2) is 9.97 Å². The molecule has 2 aromatic heterocycles. The topological polar surface area (TPSA) is 82.7 Å². The van der Waals surface area contributed by atoms with E-state index < -0.39 is 0 Å². The van der Waals surface area contributed by atoms with Crippen molar-refractivity contribution in [3.63, 3.8) is 0 Å². The minimum absolute atomic E-state index is 0.0187. The number of carbonyl (C=O) groups is 1. The van der Waals surface area contributed by atoms with Crippen LogP contribution in [-0.2, 0) is 4.79 Å². The van der Waals surface area contributed by atoms with Crippen LogP contribution in [0.5, 0.6) is 0 Å². The van der Waals surface area contributed by atoms with Crippen molar-refractivity contribution in [1.82, 2.24) is 20.3 Å². The number of aromatic amines is 1. The summed E-state index contributed by atoms with van der Waals surface area (Å²) in [6.07, 6.45) is 4.29. The summed E-state index contributed by atoms with van der Waals surface area (Å²) in [6.45, 7) is 5.74. The number of carbonyl (C=O) groups excluding carboxylic acids is 1. The molecule has 1 unspecified atom stereocenters. The van der Waals surface area contributed by atoms with E-state index in [0.717, 1.165) is 59.4 Å². The van der Waals surface area contributed by atoms with E-state index in [9.17, 15) is 4.79 Å². The van der Waals surface area contributed by atoms with Gasteiger partial charge in [-0.05, 0) is 32.3 Å². The lowest BCUT2D eigenvalue weighted by Crippen LogP contribution is -2.48. The van der Waals surface area contributed by atoms with E-state index in [1.54, 1.807) is 6.92 Å². The Hall–Kier alpha value is -2.89. The van der Waals surface area contributed by atoms with E-state index >= 15 is 0 Å². The highest BCUT2D eigenvalue weighted by molar-refractivity contribution is 5.93. The fourth-order valence-corrected chi connectivity index (χ4v) is 4.10. The average Bonchev–Trinajstić information content (AvgIpc) is 2.98. The maximum atomic E-state index is 11.6. The SMILES string of the molecule is CC(=O)N[C@H]1CCCCC1Nc1nc(-c2ccccc2)nc2[nH]c(C)c(C)c12. The van der Waals surface area contributed by atoms with Gasteiger partial charge in [-0.1, -0.05) is 43.2 Å². The molecule has 1 fully saturated rings. The number of nitrogens with one attached hydrogen (secondary N) is 3. The molecule has 2 atom stereocenters. The van der Waals surface area contributed by atoms with Crippen LogP contribution in [0.15, 0.2) is 30.3 Å². The number of hydrogen-bond acceptors (Lipinski definition) is 4. The van der Waals surface area contributed by atoms with Crippen molar-refractivity contribution >= 4 is 22.8 Å². The molecule has 0 aliphatic heterocycles. The van der Waals surface area contributed by atoms with Crippen molar-refractivity contribution in [2.45, 2.75) is 58.5 Å². The number of rotatable bonds is 4. The number of nitrogens with zero attached hydrogens (tertiary/aromatic N) is 2. The Balaban J connectivity index is 1.77. The van der Waals surface area contributed by atoms with Crippen molar-refractivity contribution in [2.24, 2.45) is 0 Å². The molecule has 1 amide bonds. The van der Waals surface area contributed by atoms with Gasteiger partial charge in [0.1, 0.15) is 11.5 Å². The standard InChI is InChI=1S/C22H27N5O/c1-13-14(2)23-21-19(13)22(27-20(26-21)16-9-5-4-6-10-16)25-18-12-8-7-11-17(18)24-15(3)28/h4-6,9-10,17-18H,7-8,11-12H2,1-3H3,(H,24,28)(H2,23,25,26,27)/t17-,18?/m0/s1. The molecular weight excluding hydrogens is 350 g/mol. The Kier molecular flexibility index (Phi) is 5.03. The molecule has 6 heteroatoms. The first-order valence-electron chi connectivity index (χ1n) is 9.99. The Morgan fingerprint density at radius 2 is 1.79 bits per heavy atom. The molecule has 0 bridgehead atoms. The molecular formula is C22H27N5O. The number of fused-ring (bicyclic) bond motifs is 1. The lowest BCUT2D eigenvalue weighted by molar-refractivity contribution is -0.119. The summed E-state index contributed by atoms with van der Waals surface area (Å²) in [7, 11) is 0. The zero-order chi connectivity index (χ0) is 19.7. The molecule has 3 N–H and O–H groups in total. The van der Waals surface area contributed by atoms with Crippen molar-refractivity contribution in [2.75, 3.05) is 5.32 Å². The zero-order valence-corrected chi connectivity index (χ0v) is 16.7. The molecule has 1 aliphatic carbocycles. The van der Waals surface area contributed by atoms with Crippen LogP contribution in [-0.4, -0.2) is 32.9 Å². The zero-order valence-electron chi connectivity index (χ0n) is 16.7. The predicted molar refractivity (Wildman–Crippen MR) is 112 cm³/mol. The third kappa shape index (κ3) is 3.59. The van der Waals surface area contributed by atoms with E-state index in [-0.39, 0.29) is 18.0 Å². The maximum Gasteiger partial charge on any atom is 0.217 e. The van der Waals surface area contributed by atoms with Gasteiger partial charge < -0.3 is 15.6 Å². The highest BCUT2D eigenvalue weighted by Gasteiger charge is 2.27. The first-order valence-corrected chi connectivity index (χ1v) is 9.99. The average molecular weight is 377 g/mol. The molecule has 4 rings (SSSR count). The van der Waals surface area contributed by atoms with E-state index in [2.05, 4.69) is 29.5 Å². The molecule has 146 valence electrons. The van der Waals surface area contributed by atoms with Crippen LogP contribution in [0.1, 0.15) is 43.9 Å². The van der Waals surface area contributed by atoms with Gasteiger partial charge in [-0.15, -0.1) is 0 Å². The smallest absolute Gasteiger partial charge is 0.217 e. The van der Waals surface area contributed by atoms with E-state index in [0.29, 0.717) is 5.82 Å². The van der Waals surface area contributed by atoms with Crippen molar-refractivity contribution in [1.29, 1.82) is 0 Å². The summed E-state index contributed by atoms with van der Waals surface area (Å²) in [5, 5.41) is 7.80. The third-order valence-corrected chi connectivity index (χ3v) is 5.66. The lowest BCUT2D eigenvalue weighted by Gasteiger charge is -2.33. The van der Waals surface area contributed by atoms with Gasteiger partial charge >= 0.3 is 0 Å². The van der Waals surface area contributed by atoms with E-state index in [1.807, 2.05) is 30.3 Å². The summed E-state index contributed by atoms with van der Waals surface area (Å²) in [6, 6.07) is 10.3. The Morgan fingerprint density at radius 3 is 2.50 bits per heavy atom. The second-order valence-corrected chi connectivity index (χ2v) is 7.70. The van der Waals surface area contributed by atoms with Gasteiger partial charge in [-0.3, -0.25) is 4.79 Å². The third-order valence-electron chi connectivity index (χ3n) is 5.66. The van der Waals surface area contributed by atoms with Gasteiger partial charge in [-0.2, -0.15) is 0 Å². The molecule has 1 saturated carbocycles. The van der Waals surface area contributed by atoms with Crippen LogP contribution in [0.2, 0.25) is 0 Å². The predicted octanol–water partition coefficient (Wildman–Crippen LogP) is 4.10. The Bertz CT molecular complexity index is 995. The Morgan fingerprint density at radius 1 is 1.07 bits per heavy atom. The van der Waals surface area contributed by atoms with Crippen molar-refractivity contribution in [3.8, 4) is 11.4 Å². The van der Waals surface area contributed by atoms with Crippen molar-refractivity contribution in [3.05, 3.63) is 41.6 Å². The normalized spacial score (nSPS) is 19.5. The molecule has 0 spiro atoms. The summed E-state index contributed by atoms with van der Waals surface area (Å²) in [5.41, 5.74) is 4.08. The van der Waals surface area contributed by atoms with Crippen LogP contribution >= 0.6 is 0 Å². The first kappa shape index (κ1) is 18.5. The van der Waals surface area contributed by atoms with Gasteiger partial charge in [0, 0.05) is 30.3 Å². The molecule has 0 saturated heterocycles. The number of anilines is 1. The van der Waals surface area contributed by atoms with Crippen LogP contribution in [0.3, 0.4) is 0 Å². The summed E-state index contributed by atoms with van der Waals surface area (Å²) in [4.78, 5) is 24.7. The minimum Gasteiger partial charge on any atom is -0.365 e. The molecule has 28 heavy (non-hydrogen) atoms.